The van der Waals surface area contributed by atoms with Gasteiger partial charge in [-0.25, -0.2) is 0 Å². The zero-order chi connectivity index (χ0) is 20.7. The molecular weight excluding hydrogens is 366 g/mol. The topological polar surface area (TPSA) is 24.7 Å². The number of hydrogen-bond donors (Lipinski definition) is 2. The summed E-state index contributed by atoms with van der Waals surface area (Å²) >= 11 is 6.17. The van der Waals surface area contributed by atoms with Gasteiger partial charge in [-0.1, -0.05) is 65.3 Å². The van der Waals surface area contributed by atoms with Crippen molar-refractivity contribution in [3.63, 3.8) is 0 Å². The molecule has 0 spiro atoms. The average Bonchev–Trinajstić information content (AvgIpc) is 3.10. The van der Waals surface area contributed by atoms with Crippen LogP contribution >= 0.6 is 11.6 Å². The van der Waals surface area contributed by atoms with Crippen LogP contribution in [0.5, 0.6) is 5.75 Å². The van der Waals surface area contributed by atoms with Crippen molar-refractivity contribution >= 4 is 11.6 Å². The summed E-state index contributed by atoms with van der Waals surface area (Å²) in [7, 11) is 0. The Balaban J connectivity index is 2.23. The van der Waals surface area contributed by atoms with Gasteiger partial charge < -0.3 is 10.0 Å². The van der Waals surface area contributed by atoms with Crippen molar-refractivity contribution in [2.75, 3.05) is 13.1 Å². The number of likely N-dealkylation sites (tertiary alicyclic amines) is 1. The molecule has 0 amide bonds. The minimum absolute atomic E-state index is 0.120. The Morgan fingerprint density at radius 2 is 1.29 bits per heavy atom. The second-order valence-corrected chi connectivity index (χ2v) is 10.8. The van der Waals surface area contributed by atoms with E-state index in [0.717, 1.165) is 16.1 Å². The second kappa shape index (κ2) is 7.72. The van der Waals surface area contributed by atoms with Gasteiger partial charge in [-0.2, -0.15) is 0 Å². The van der Waals surface area contributed by atoms with Crippen LogP contribution in [0.1, 0.15) is 82.7 Å². The lowest BCUT2D eigenvalue weighted by molar-refractivity contribution is -0.913. The Morgan fingerprint density at radius 3 is 1.71 bits per heavy atom. The summed E-state index contributed by atoms with van der Waals surface area (Å²) in [5.74, 6) is 0.454. The summed E-state index contributed by atoms with van der Waals surface area (Å²) in [6, 6.07) is 13.1. The number of aromatic hydroxyl groups is 1. The fourth-order valence-electron chi connectivity index (χ4n) is 4.40. The summed E-state index contributed by atoms with van der Waals surface area (Å²) in [5, 5.41) is 11.9. The first-order valence-corrected chi connectivity index (χ1v) is 10.8. The molecular formula is C25H35ClNO+. The van der Waals surface area contributed by atoms with E-state index in [4.69, 9.17) is 11.6 Å². The smallest absolute Gasteiger partial charge is 0.139 e. The van der Waals surface area contributed by atoms with Crippen LogP contribution < -0.4 is 4.90 Å². The van der Waals surface area contributed by atoms with E-state index < -0.39 is 0 Å². The average molecular weight is 401 g/mol. The zero-order valence-corrected chi connectivity index (χ0v) is 19.0. The first kappa shape index (κ1) is 21.2. The maximum atomic E-state index is 11.1. The van der Waals surface area contributed by atoms with E-state index in [1.165, 1.54) is 37.1 Å². The van der Waals surface area contributed by atoms with Gasteiger partial charge in [0.1, 0.15) is 11.8 Å². The van der Waals surface area contributed by atoms with E-state index in [0.29, 0.717) is 5.75 Å². The molecule has 1 aliphatic heterocycles. The summed E-state index contributed by atoms with van der Waals surface area (Å²) in [5.41, 5.74) is 4.43. The third kappa shape index (κ3) is 4.39. The Kier molecular flexibility index (Phi) is 5.85. The van der Waals surface area contributed by atoms with E-state index in [-0.39, 0.29) is 16.9 Å². The monoisotopic (exact) mass is 400 g/mol. The SMILES string of the molecule is CC(C)(C)c1cc([C@H](c2ccc(Cl)cc2)[NH+]2CCCC2)cc(C(C)(C)C)c1O. The van der Waals surface area contributed by atoms with Crippen LogP contribution in [0.4, 0.5) is 0 Å². The highest BCUT2D eigenvalue weighted by Gasteiger charge is 2.33. The van der Waals surface area contributed by atoms with Gasteiger partial charge in [-0.3, -0.25) is 0 Å². The number of phenols is 1. The molecule has 1 fully saturated rings. The van der Waals surface area contributed by atoms with Gasteiger partial charge in [-0.05, 0) is 35.1 Å². The van der Waals surface area contributed by atoms with Crippen molar-refractivity contribution in [1.29, 1.82) is 0 Å². The number of phenolic OH excluding ortho intramolecular Hbond substituents is 1. The molecule has 0 bridgehead atoms. The van der Waals surface area contributed by atoms with Crippen LogP contribution in [-0.2, 0) is 10.8 Å². The molecule has 1 aliphatic rings. The lowest BCUT2D eigenvalue weighted by Gasteiger charge is -2.31. The van der Waals surface area contributed by atoms with Crippen LogP contribution in [-0.4, -0.2) is 18.2 Å². The third-order valence-electron chi connectivity index (χ3n) is 5.94. The molecule has 0 radical (unpaired) electrons. The fourth-order valence-corrected chi connectivity index (χ4v) is 4.53. The first-order chi connectivity index (χ1) is 13.0. The maximum Gasteiger partial charge on any atom is 0.139 e. The lowest BCUT2D eigenvalue weighted by atomic mass is 9.77. The molecule has 2 nitrogen and oxygen atoms in total. The highest BCUT2D eigenvalue weighted by molar-refractivity contribution is 6.30. The number of benzene rings is 2. The van der Waals surface area contributed by atoms with Crippen molar-refractivity contribution < 1.29 is 10.0 Å². The molecule has 0 unspecified atom stereocenters. The normalized spacial score (nSPS) is 17.1. The van der Waals surface area contributed by atoms with Gasteiger partial charge in [0.15, 0.2) is 0 Å². The number of nitrogens with one attached hydrogen (secondary N) is 1. The second-order valence-electron chi connectivity index (χ2n) is 10.3. The van der Waals surface area contributed by atoms with Gasteiger partial charge in [0.25, 0.3) is 0 Å². The van der Waals surface area contributed by atoms with Crippen LogP contribution in [0.25, 0.3) is 0 Å². The number of hydrogen-bond acceptors (Lipinski definition) is 1. The van der Waals surface area contributed by atoms with Gasteiger partial charge in [-0.15, -0.1) is 0 Å². The summed E-state index contributed by atoms with van der Waals surface area (Å²) < 4.78 is 0. The number of halogens is 1. The fraction of sp³-hybridized carbons (Fsp3) is 0.520. The van der Waals surface area contributed by atoms with Crippen molar-refractivity contribution in [2.24, 2.45) is 0 Å². The van der Waals surface area contributed by atoms with Gasteiger partial charge >= 0.3 is 0 Å². The van der Waals surface area contributed by atoms with E-state index in [2.05, 4.69) is 65.8 Å². The van der Waals surface area contributed by atoms with E-state index >= 15 is 0 Å². The molecule has 1 saturated heterocycles. The Labute approximate surface area is 175 Å². The minimum Gasteiger partial charge on any atom is -0.507 e. The lowest BCUT2D eigenvalue weighted by Crippen LogP contribution is -3.10. The molecule has 28 heavy (non-hydrogen) atoms. The molecule has 1 atom stereocenters. The third-order valence-corrected chi connectivity index (χ3v) is 6.19. The maximum absolute atomic E-state index is 11.1. The Bertz CT molecular complexity index is 786. The van der Waals surface area contributed by atoms with Gasteiger partial charge in [0.2, 0.25) is 0 Å². The minimum atomic E-state index is -0.120. The van der Waals surface area contributed by atoms with Crippen molar-refractivity contribution in [3.8, 4) is 5.75 Å². The molecule has 3 heteroatoms. The standard InChI is InChI=1S/C25H34ClNO/c1-24(2,3)20-15-18(16-21(23(20)28)25(4,5)6)22(27-13-7-8-14-27)17-9-11-19(26)12-10-17/h9-12,15-16,22,28H,7-8,13-14H2,1-6H3/p+1/t22-/m0/s1. The molecule has 0 aliphatic carbocycles. The van der Waals surface area contributed by atoms with Gasteiger partial charge in [0, 0.05) is 40.1 Å². The zero-order valence-electron chi connectivity index (χ0n) is 18.2. The summed E-state index contributed by atoms with van der Waals surface area (Å²) in [4.78, 5) is 1.60. The number of quaternary nitrogens is 1. The van der Waals surface area contributed by atoms with Crippen LogP contribution in [0, 0.1) is 0 Å². The Morgan fingerprint density at radius 1 is 0.821 bits per heavy atom. The molecule has 1 heterocycles. The van der Waals surface area contributed by atoms with Crippen molar-refractivity contribution in [1.82, 2.24) is 0 Å². The number of rotatable bonds is 3. The largest absolute Gasteiger partial charge is 0.507 e. The summed E-state index contributed by atoms with van der Waals surface area (Å²) in [6.45, 7) is 15.4. The van der Waals surface area contributed by atoms with Crippen LogP contribution in [0.15, 0.2) is 36.4 Å². The molecule has 152 valence electrons. The molecule has 0 saturated carbocycles. The summed E-state index contributed by atoms with van der Waals surface area (Å²) in [6.07, 6.45) is 2.55. The van der Waals surface area contributed by atoms with Crippen molar-refractivity contribution in [3.05, 3.63) is 63.7 Å². The highest BCUT2D eigenvalue weighted by atomic mass is 35.5. The van der Waals surface area contributed by atoms with Crippen LogP contribution in [0.3, 0.4) is 0 Å². The molecule has 2 aromatic carbocycles. The van der Waals surface area contributed by atoms with Gasteiger partial charge in [0.05, 0.1) is 13.1 Å². The van der Waals surface area contributed by atoms with Crippen molar-refractivity contribution in [2.45, 2.75) is 71.3 Å². The molecule has 3 rings (SSSR count). The van der Waals surface area contributed by atoms with Crippen LogP contribution in [0.2, 0.25) is 5.02 Å². The Hall–Kier alpha value is -1.51. The van der Waals surface area contributed by atoms with E-state index in [1.54, 1.807) is 4.90 Å². The quantitative estimate of drug-likeness (QED) is 0.707. The first-order valence-electron chi connectivity index (χ1n) is 10.5. The molecule has 2 aromatic rings. The van der Waals surface area contributed by atoms with E-state index in [9.17, 15) is 5.11 Å². The highest BCUT2D eigenvalue weighted by Crippen LogP contribution is 2.41. The predicted octanol–water partition coefficient (Wildman–Crippen LogP) is 5.41. The van der Waals surface area contributed by atoms with E-state index in [1.807, 2.05) is 12.1 Å². The molecule has 2 N–H and O–H groups in total. The predicted molar refractivity (Wildman–Crippen MR) is 119 cm³/mol. The molecule has 0 aromatic heterocycles.